The molecule has 5 rings (SSSR count). The van der Waals surface area contributed by atoms with Gasteiger partial charge in [0.15, 0.2) is 0 Å². The van der Waals surface area contributed by atoms with Crippen LogP contribution in [0.5, 0.6) is 0 Å². The molecule has 0 bridgehead atoms. The van der Waals surface area contributed by atoms with Crippen LogP contribution < -0.4 is 10.2 Å². The number of pyridine rings is 1. The van der Waals surface area contributed by atoms with Crippen molar-refractivity contribution in [2.45, 2.75) is 38.3 Å². The summed E-state index contributed by atoms with van der Waals surface area (Å²) in [6, 6.07) is 12.9. The number of morpholine rings is 1. The molecule has 9 nitrogen and oxygen atoms in total. The van der Waals surface area contributed by atoms with Crippen molar-refractivity contribution >= 4 is 23.5 Å². The van der Waals surface area contributed by atoms with Crippen LogP contribution in [0.25, 0.3) is 0 Å². The number of amides is 4. The molecule has 36 heavy (non-hydrogen) atoms. The SMILES string of the molecule is CCC1(C2CCN(C(=O)c3ccc(N4CCOCC4)cc3)CC2)NC(=O)N(Cc2ccccn2)C1=O. The maximum Gasteiger partial charge on any atom is 0.325 e. The zero-order chi connectivity index (χ0) is 25.1. The number of nitrogens with zero attached hydrogens (tertiary/aromatic N) is 4. The van der Waals surface area contributed by atoms with Crippen LogP contribution in [0.15, 0.2) is 48.7 Å². The van der Waals surface area contributed by atoms with Gasteiger partial charge in [0.2, 0.25) is 0 Å². The van der Waals surface area contributed by atoms with Gasteiger partial charge in [0, 0.05) is 43.6 Å². The lowest BCUT2D eigenvalue weighted by molar-refractivity contribution is -0.134. The van der Waals surface area contributed by atoms with Crippen molar-refractivity contribution in [2.75, 3.05) is 44.3 Å². The van der Waals surface area contributed by atoms with Crippen LogP contribution in [-0.2, 0) is 16.1 Å². The Balaban J connectivity index is 1.22. The van der Waals surface area contributed by atoms with E-state index in [9.17, 15) is 14.4 Å². The van der Waals surface area contributed by atoms with Gasteiger partial charge in [-0.15, -0.1) is 0 Å². The summed E-state index contributed by atoms with van der Waals surface area (Å²) in [7, 11) is 0. The molecule has 1 unspecified atom stereocenters. The predicted molar refractivity (Wildman–Crippen MR) is 134 cm³/mol. The van der Waals surface area contributed by atoms with Gasteiger partial charge in [0.1, 0.15) is 5.54 Å². The molecular formula is C27H33N5O4. The maximum absolute atomic E-state index is 13.5. The summed E-state index contributed by atoms with van der Waals surface area (Å²) in [4.78, 5) is 49.1. The minimum Gasteiger partial charge on any atom is -0.378 e. The minimum absolute atomic E-state index is 0.00564. The predicted octanol–water partition coefficient (Wildman–Crippen LogP) is 2.67. The van der Waals surface area contributed by atoms with E-state index in [4.69, 9.17) is 4.74 Å². The van der Waals surface area contributed by atoms with Crippen LogP contribution >= 0.6 is 0 Å². The van der Waals surface area contributed by atoms with Gasteiger partial charge in [-0.2, -0.15) is 0 Å². The van der Waals surface area contributed by atoms with E-state index in [0.717, 1.165) is 32.0 Å². The number of carbonyl (C=O) groups excluding carboxylic acids is 3. The van der Waals surface area contributed by atoms with Crippen molar-refractivity contribution in [3.05, 3.63) is 59.9 Å². The minimum atomic E-state index is -0.930. The lowest BCUT2D eigenvalue weighted by Gasteiger charge is -2.40. The monoisotopic (exact) mass is 491 g/mol. The molecule has 4 amide bonds. The summed E-state index contributed by atoms with van der Waals surface area (Å²) in [6.07, 6.45) is 3.49. The normalized spacial score (nSPS) is 23.2. The van der Waals surface area contributed by atoms with E-state index in [0.29, 0.717) is 43.6 Å². The Morgan fingerprint density at radius 1 is 1.06 bits per heavy atom. The number of hydrogen-bond acceptors (Lipinski definition) is 6. The number of ether oxygens (including phenoxy) is 1. The zero-order valence-corrected chi connectivity index (χ0v) is 20.7. The molecule has 4 heterocycles. The second kappa shape index (κ2) is 10.3. The fourth-order valence-electron chi connectivity index (χ4n) is 5.64. The van der Waals surface area contributed by atoms with Gasteiger partial charge in [-0.3, -0.25) is 19.5 Å². The van der Waals surface area contributed by atoms with Crippen LogP contribution in [0.2, 0.25) is 0 Å². The standard InChI is InChI=1S/C27H33N5O4/c1-2-27(25(34)32(26(35)29-27)19-22-5-3-4-12-28-22)21-10-13-31(14-11-21)24(33)20-6-8-23(9-7-20)30-15-17-36-18-16-30/h3-9,12,21H,2,10-11,13-19H2,1H3,(H,29,35). The van der Waals surface area contributed by atoms with Crippen LogP contribution in [0.4, 0.5) is 10.5 Å². The van der Waals surface area contributed by atoms with Crippen molar-refractivity contribution in [1.29, 1.82) is 0 Å². The molecule has 1 N–H and O–H groups in total. The van der Waals surface area contributed by atoms with Crippen LogP contribution in [0, 0.1) is 5.92 Å². The number of benzene rings is 1. The largest absolute Gasteiger partial charge is 0.378 e. The second-order valence-corrected chi connectivity index (χ2v) is 9.68. The highest BCUT2D eigenvalue weighted by Gasteiger charge is 2.55. The quantitative estimate of drug-likeness (QED) is 0.625. The first-order valence-electron chi connectivity index (χ1n) is 12.8. The van der Waals surface area contributed by atoms with E-state index in [1.807, 2.05) is 48.2 Å². The Kier molecular flexibility index (Phi) is 6.91. The highest BCUT2D eigenvalue weighted by Crippen LogP contribution is 2.37. The van der Waals surface area contributed by atoms with E-state index in [1.54, 1.807) is 12.3 Å². The average molecular weight is 492 g/mol. The highest BCUT2D eigenvalue weighted by molar-refractivity contribution is 6.07. The molecule has 3 saturated heterocycles. The third-order valence-electron chi connectivity index (χ3n) is 7.78. The molecule has 9 heteroatoms. The summed E-state index contributed by atoms with van der Waals surface area (Å²) in [5, 5.41) is 3.01. The smallest absolute Gasteiger partial charge is 0.325 e. The molecule has 0 aliphatic carbocycles. The number of rotatable bonds is 6. The van der Waals surface area contributed by atoms with Gasteiger partial charge in [-0.1, -0.05) is 13.0 Å². The van der Waals surface area contributed by atoms with Crippen LogP contribution in [0.1, 0.15) is 42.2 Å². The van der Waals surface area contributed by atoms with Gasteiger partial charge in [-0.05, 0) is 61.6 Å². The first kappa shape index (κ1) is 24.2. The number of imide groups is 1. The molecule has 1 aromatic carbocycles. The molecule has 1 atom stereocenters. The molecule has 3 aliphatic rings. The lowest BCUT2D eigenvalue weighted by Crippen LogP contribution is -2.56. The molecule has 0 radical (unpaired) electrons. The third-order valence-corrected chi connectivity index (χ3v) is 7.78. The molecule has 0 saturated carbocycles. The highest BCUT2D eigenvalue weighted by atomic mass is 16.5. The van der Waals surface area contributed by atoms with Gasteiger partial charge < -0.3 is 19.9 Å². The first-order valence-corrected chi connectivity index (χ1v) is 12.8. The fraction of sp³-hybridized carbons (Fsp3) is 0.481. The fourth-order valence-corrected chi connectivity index (χ4v) is 5.64. The van der Waals surface area contributed by atoms with Crippen molar-refractivity contribution in [1.82, 2.24) is 20.1 Å². The number of piperidine rings is 1. The van der Waals surface area contributed by atoms with E-state index < -0.39 is 5.54 Å². The molecular weight excluding hydrogens is 458 g/mol. The summed E-state index contributed by atoms with van der Waals surface area (Å²) >= 11 is 0. The Labute approximate surface area is 211 Å². The molecule has 3 aliphatic heterocycles. The molecule has 2 aromatic rings. The molecule has 190 valence electrons. The van der Waals surface area contributed by atoms with E-state index >= 15 is 0 Å². The number of hydrogen-bond donors (Lipinski definition) is 1. The van der Waals surface area contributed by atoms with Gasteiger partial charge in [-0.25, -0.2) is 4.79 Å². The lowest BCUT2D eigenvalue weighted by atomic mass is 9.75. The number of carbonyl (C=O) groups is 3. The Morgan fingerprint density at radius 2 is 1.78 bits per heavy atom. The van der Waals surface area contributed by atoms with Gasteiger partial charge in [0.25, 0.3) is 11.8 Å². The topological polar surface area (TPSA) is 95.1 Å². The number of nitrogens with one attached hydrogen (secondary N) is 1. The summed E-state index contributed by atoms with van der Waals surface area (Å²) in [5.41, 5.74) is 1.51. The van der Waals surface area contributed by atoms with Crippen molar-refractivity contribution in [2.24, 2.45) is 5.92 Å². The number of aromatic nitrogens is 1. The summed E-state index contributed by atoms with van der Waals surface area (Å²) in [6.45, 7) is 6.36. The second-order valence-electron chi connectivity index (χ2n) is 9.68. The van der Waals surface area contributed by atoms with Crippen LogP contribution in [-0.4, -0.2) is 77.6 Å². The maximum atomic E-state index is 13.5. The van der Waals surface area contributed by atoms with Crippen molar-refractivity contribution in [3.63, 3.8) is 0 Å². The third kappa shape index (κ3) is 4.55. The van der Waals surface area contributed by atoms with E-state index in [-0.39, 0.29) is 30.3 Å². The van der Waals surface area contributed by atoms with Gasteiger partial charge >= 0.3 is 6.03 Å². The summed E-state index contributed by atoms with van der Waals surface area (Å²) < 4.78 is 5.42. The summed E-state index contributed by atoms with van der Waals surface area (Å²) in [5.74, 6) is -0.212. The average Bonchev–Trinajstić information content (AvgIpc) is 3.19. The molecule has 1 aromatic heterocycles. The Bertz CT molecular complexity index is 1090. The number of anilines is 1. The molecule has 3 fully saturated rings. The Hall–Kier alpha value is -3.46. The first-order chi connectivity index (χ1) is 17.5. The van der Waals surface area contributed by atoms with Crippen molar-refractivity contribution in [3.8, 4) is 0 Å². The molecule has 0 spiro atoms. The zero-order valence-electron chi connectivity index (χ0n) is 20.7. The van der Waals surface area contributed by atoms with Gasteiger partial charge in [0.05, 0.1) is 25.5 Å². The Morgan fingerprint density at radius 3 is 2.42 bits per heavy atom. The van der Waals surface area contributed by atoms with E-state index in [1.165, 1.54) is 4.90 Å². The van der Waals surface area contributed by atoms with E-state index in [2.05, 4.69) is 15.2 Å². The number of urea groups is 1. The number of likely N-dealkylation sites (tertiary alicyclic amines) is 1. The van der Waals surface area contributed by atoms with Crippen LogP contribution in [0.3, 0.4) is 0 Å². The van der Waals surface area contributed by atoms with Crippen molar-refractivity contribution < 1.29 is 19.1 Å².